The van der Waals surface area contributed by atoms with E-state index >= 15 is 0 Å². The lowest BCUT2D eigenvalue weighted by molar-refractivity contribution is -0.0469. The van der Waals surface area contributed by atoms with Crippen LogP contribution < -0.4 is 9.64 Å². The zero-order valence-electron chi connectivity index (χ0n) is 11.5. The van der Waals surface area contributed by atoms with Crippen molar-refractivity contribution in [3.05, 3.63) is 22.7 Å². The van der Waals surface area contributed by atoms with Gasteiger partial charge in [-0.25, -0.2) is 0 Å². The molecular weight excluding hydrogens is 322 g/mol. The molecule has 0 saturated carbocycles. The van der Waals surface area contributed by atoms with Crippen molar-refractivity contribution in [2.45, 2.75) is 24.9 Å². The van der Waals surface area contributed by atoms with E-state index in [9.17, 15) is 5.11 Å². The minimum Gasteiger partial charge on any atom is -0.485 e. The van der Waals surface area contributed by atoms with Crippen molar-refractivity contribution in [3.63, 3.8) is 0 Å². The second-order valence-electron chi connectivity index (χ2n) is 5.47. The highest BCUT2D eigenvalue weighted by molar-refractivity contribution is 9.10. The molecule has 2 aliphatic rings. The molecule has 20 heavy (non-hydrogen) atoms. The van der Waals surface area contributed by atoms with Crippen molar-refractivity contribution in [1.82, 2.24) is 0 Å². The smallest absolute Gasteiger partial charge is 0.144 e. The normalized spacial score (nSPS) is 21.2. The van der Waals surface area contributed by atoms with Crippen LogP contribution in [-0.4, -0.2) is 43.6 Å². The Balaban J connectivity index is 1.94. The van der Waals surface area contributed by atoms with E-state index < -0.39 is 0 Å². The summed E-state index contributed by atoms with van der Waals surface area (Å²) in [7, 11) is 0. The fraction of sp³-hybridized carbons (Fsp3) is 0.600. The molecule has 1 fully saturated rings. The molecule has 0 bridgehead atoms. The van der Waals surface area contributed by atoms with Gasteiger partial charge in [-0.3, -0.25) is 0 Å². The Hall–Kier alpha value is -0.780. The van der Waals surface area contributed by atoms with Gasteiger partial charge in [0.25, 0.3) is 0 Å². The van der Waals surface area contributed by atoms with Crippen LogP contribution in [0.15, 0.2) is 22.7 Å². The number of rotatable bonds is 2. The van der Waals surface area contributed by atoms with Gasteiger partial charge in [-0.1, -0.05) is 15.9 Å². The Morgan fingerprint density at radius 1 is 1.25 bits per heavy atom. The third-order valence-electron chi connectivity index (χ3n) is 4.20. The molecule has 2 aliphatic heterocycles. The predicted molar refractivity (Wildman–Crippen MR) is 81.5 cm³/mol. The molecule has 1 aromatic rings. The van der Waals surface area contributed by atoms with Crippen LogP contribution in [0.2, 0.25) is 0 Å². The van der Waals surface area contributed by atoms with E-state index in [0.29, 0.717) is 6.54 Å². The number of hydrogen-bond donors (Lipinski definition) is 1. The number of aliphatic hydroxyl groups is 1. The van der Waals surface area contributed by atoms with Crippen molar-refractivity contribution < 1.29 is 14.6 Å². The Morgan fingerprint density at radius 2 is 2.05 bits per heavy atom. The van der Waals surface area contributed by atoms with E-state index in [0.717, 1.165) is 54.9 Å². The average Bonchev–Trinajstić information content (AvgIpc) is 2.58. The van der Waals surface area contributed by atoms with Crippen molar-refractivity contribution in [2.75, 3.05) is 37.8 Å². The fourth-order valence-corrected chi connectivity index (χ4v) is 3.36. The Labute approximate surface area is 127 Å². The summed E-state index contributed by atoms with van der Waals surface area (Å²) in [5.41, 5.74) is 0.962. The molecule has 4 nitrogen and oxygen atoms in total. The quantitative estimate of drug-likeness (QED) is 0.897. The minimum absolute atomic E-state index is 0.113. The molecule has 0 aliphatic carbocycles. The predicted octanol–water partition coefficient (Wildman–Crippen LogP) is 2.58. The van der Waals surface area contributed by atoms with Crippen LogP contribution in [0, 0.1) is 0 Å². The summed E-state index contributed by atoms with van der Waals surface area (Å²) in [6.07, 6.45) is 2.85. The SMILES string of the molecule is OCCN1CCC2(CCOCC2)Oc2cc(Br)ccc21. The van der Waals surface area contributed by atoms with Crippen molar-refractivity contribution in [3.8, 4) is 5.75 Å². The van der Waals surface area contributed by atoms with E-state index in [2.05, 4.69) is 26.9 Å². The van der Waals surface area contributed by atoms with Gasteiger partial charge in [0, 0.05) is 36.8 Å². The molecule has 0 atom stereocenters. The number of benzene rings is 1. The van der Waals surface area contributed by atoms with Crippen molar-refractivity contribution in [2.24, 2.45) is 0 Å². The molecule has 0 radical (unpaired) electrons. The second kappa shape index (κ2) is 5.92. The molecule has 0 aromatic heterocycles. The molecule has 0 unspecified atom stereocenters. The summed E-state index contributed by atoms with van der Waals surface area (Å²) in [6.45, 7) is 3.25. The van der Waals surface area contributed by atoms with E-state index in [1.807, 2.05) is 12.1 Å². The van der Waals surface area contributed by atoms with Gasteiger partial charge in [0.05, 0.1) is 25.5 Å². The maximum Gasteiger partial charge on any atom is 0.144 e. The number of halogens is 1. The first-order valence-electron chi connectivity index (χ1n) is 7.15. The minimum atomic E-state index is -0.113. The van der Waals surface area contributed by atoms with Gasteiger partial charge in [0.2, 0.25) is 0 Å². The maximum atomic E-state index is 9.28. The first-order valence-corrected chi connectivity index (χ1v) is 7.94. The van der Waals surface area contributed by atoms with Gasteiger partial charge in [-0.05, 0) is 18.2 Å². The van der Waals surface area contributed by atoms with Gasteiger partial charge in [-0.2, -0.15) is 0 Å². The van der Waals surface area contributed by atoms with Gasteiger partial charge in [0.1, 0.15) is 11.4 Å². The van der Waals surface area contributed by atoms with E-state index in [1.54, 1.807) is 0 Å². The molecule has 110 valence electrons. The Kier molecular flexibility index (Phi) is 4.19. The summed E-state index contributed by atoms with van der Waals surface area (Å²) in [5.74, 6) is 0.909. The standard InChI is InChI=1S/C15H20BrNO3/c16-12-1-2-13-14(11-12)20-15(4-9-19-10-5-15)3-6-17(13)7-8-18/h1-2,11,18H,3-10H2. The first-order chi connectivity index (χ1) is 9.72. The van der Waals surface area contributed by atoms with E-state index in [-0.39, 0.29) is 12.2 Å². The number of anilines is 1. The molecule has 5 heteroatoms. The fourth-order valence-electron chi connectivity index (χ4n) is 3.02. The van der Waals surface area contributed by atoms with Crippen LogP contribution in [0.1, 0.15) is 19.3 Å². The van der Waals surface area contributed by atoms with E-state index in [4.69, 9.17) is 9.47 Å². The second-order valence-corrected chi connectivity index (χ2v) is 6.39. The number of fused-ring (bicyclic) bond motifs is 1. The summed E-state index contributed by atoms with van der Waals surface area (Å²) in [4.78, 5) is 2.21. The number of β-amino-alcohol motifs (C(OH)–C–C–N with tert-alkyl or cyclic N) is 1. The summed E-state index contributed by atoms with van der Waals surface area (Å²) in [6, 6.07) is 6.12. The molecule has 1 spiro atoms. The molecule has 0 amide bonds. The summed E-state index contributed by atoms with van der Waals surface area (Å²) >= 11 is 3.51. The molecule has 1 N–H and O–H groups in total. The van der Waals surface area contributed by atoms with Crippen molar-refractivity contribution >= 4 is 21.6 Å². The molecule has 1 aromatic carbocycles. The lowest BCUT2D eigenvalue weighted by atomic mass is 9.90. The topological polar surface area (TPSA) is 41.9 Å². The zero-order valence-corrected chi connectivity index (χ0v) is 13.1. The molecule has 2 heterocycles. The third kappa shape index (κ3) is 2.80. The Morgan fingerprint density at radius 3 is 2.80 bits per heavy atom. The van der Waals surface area contributed by atoms with Crippen LogP contribution in [0.25, 0.3) is 0 Å². The highest BCUT2D eigenvalue weighted by Crippen LogP contribution is 2.41. The molecule has 1 saturated heterocycles. The van der Waals surface area contributed by atoms with Crippen molar-refractivity contribution in [1.29, 1.82) is 0 Å². The van der Waals surface area contributed by atoms with Crippen LogP contribution >= 0.6 is 15.9 Å². The number of hydrogen-bond acceptors (Lipinski definition) is 4. The van der Waals surface area contributed by atoms with Gasteiger partial charge in [0.15, 0.2) is 0 Å². The maximum absolute atomic E-state index is 9.28. The van der Waals surface area contributed by atoms with Crippen LogP contribution in [0.3, 0.4) is 0 Å². The summed E-state index contributed by atoms with van der Waals surface area (Å²) in [5, 5.41) is 9.28. The van der Waals surface area contributed by atoms with Gasteiger partial charge < -0.3 is 19.5 Å². The van der Waals surface area contributed by atoms with E-state index in [1.165, 1.54) is 0 Å². The highest BCUT2D eigenvalue weighted by atomic mass is 79.9. The van der Waals surface area contributed by atoms with Gasteiger partial charge >= 0.3 is 0 Å². The van der Waals surface area contributed by atoms with Crippen LogP contribution in [-0.2, 0) is 4.74 Å². The monoisotopic (exact) mass is 341 g/mol. The highest BCUT2D eigenvalue weighted by Gasteiger charge is 2.38. The summed E-state index contributed by atoms with van der Waals surface area (Å²) < 4.78 is 12.9. The zero-order chi connectivity index (χ0) is 14.0. The van der Waals surface area contributed by atoms with Crippen LogP contribution in [0.4, 0.5) is 5.69 Å². The number of nitrogens with zero attached hydrogens (tertiary/aromatic N) is 1. The largest absolute Gasteiger partial charge is 0.485 e. The average molecular weight is 342 g/mol. The van der Waals surface area contributed by atoms with Gasteiger partial charge in [-0.15, -0.1) is 0 Å². The lowest BCUT2D eigenvalue weighted by Gasteiger charge is -2.36. The lowest BCUT2D eigenvalue weighted by Crippen LogP contribution is -2.43. The first kappa shape index (κ1) is 14.2. The number of ether oxygens (including phenoxy) is 2. The Bertz CT molecular complexity index is 474. The van der Waals surface area contributed by atoms with Crippen LogP contribution in [0.5, 0.6) is 5.75 Å². The molecule has 3 rings (SSSR count). The number of aliphatic hydroxyl groups excluding tert-OH is 1. The molecular formula is C15H20BrNO3. The third-order valence-corrected chi connectivity index (χ3v) is 4.69.